The number of piperazine rings is 1. The maximum atomic E-state index is 12.3. The SMILES string of the molecule is COc1ccc(NCC(=O)Nc2ccc(N3CCN(C)CC3)cc2)c(OC)c1. The van der Waals surface area contributed by atoms with Crippen molar-refractivity contribution in [3.05, 3.63) is 42.5 Å². The zero-order valence-electron chi connectivity index (χ0n) is 16.7. The Labute approximate surface area is 166 Å². The van der Waals surface area contributed by atoms with Crippen LogP contribution >= 0.6 is 0 Å². The third kappa shape index (κ3) is 5.07. The zero-order chi connectivity index (χ0) is 19.9. The van der Waals surface area contributed by atoms with E-state index in [2.05, 4.69) is 39.6 Å². The first-order valence-electron chi connectivity index (χ1n) is 9.38. The summed E-state index contributed by atoms with van der Waals surface area (Å²) in [4.78, 5) is 17.0. The number of rotatable bonds is 7. The maximum absolute atomic E-state index is 12.3. The summed E-state index contributed by atoms with van der Waals surface area (Å²) < 4.78 is 10.5. The summed E-state index contributed by atoms with van der Waals surface area (Å²) in [5, 5.41) is 6.01. The van der Waals surface area contributed by atoms with E-state index in [9.17, 15) is 4.79 Å². The van der Waals surface area contributed by atoms with E-state index in [-0.39, 0.29) is 12.5 Å². The summed E-state index contributed by atoms with van der Waals surface area (Å²) in [5.74, 6) is 1.21. The highest BCUT2D eigenvalue weighted by Gasteiger charge is 2.14. The fraction of sp³-hybridized carbons (Fsp3) is 0.381. The van der Waals surface area contributed by atoms with Crippen molar-refractivity contribution in [3.8, 4) is 11.5 Å². The monoisotopic (exact) mass is 384 g/mol. The molecular formula is C21H28N4O3. The van der Waals surface area contributed by atoms with Crippen molar-refractivity contribution < 1.29 is 14.3 Å². The van der Waals surface area contributed by atoms with Crippen LogP contribution < -0.4 is 25.0 Å². The first-order chi connectivity index (χ1) is 13.6. The smallest absolute Gasteiger partial charge is 0.243 e. The van der Waals surface area contributed by atoms with Gasteiger partial charge in [-0.1, -0.05) is 0 Å². The Morgan fingerprint density at radius 1 is 1.00 bits per heavy atom. The first-order valence-corrected chi connectivity index (χ1v) is 9.38. The standard InChI is InChI=1S/C21H28N4O3/c1-24-10-12-25(13-11-24)17-6-4-16(5-7-17)23-21(26)15-22-19-9-8-18(27-2)14-20(19)28-3/h4-9,14,22H,10-13,15H2,1-3H3,(H,23,26). The van der Waals surface area contributed by atoms with Crippen LogP contribution in [0.15, 0.2) is 42.5 Å². The van der Waals surface area contributed by atoms with Gasteiger partial charge in [-0.3, -0.25) is 4.79 Å². The lowest BCUT2D eigenvalue weighted by Crippen LogP contribution is -2.44. The van der Waals surface area contributed by atoms with Gasteiger partial charge in [-0.2, -0.15) is 0 Å². The molecule has 1 saturated heterocycles. The first kappa shape index (κ1) is 19.8. The number of nitrogens with zero attached hydrogens (tertiary/aromatic N) is 2. The van der Waals surface area contributed by atoms with Crippen LogP contribution in [-0.2, 0) is 4.79 Å². The van der Waals surface area contributed by atoms with Gasteiger partial charge < -0.3 is 29.9 Å². The molecule has 2 N–H and O–H groups in total. The molecule has 7 nitrogen and oxygen atoms in total. The Hall–Kier alpha value is -2.93. The molecule has 28 heavy (non-hydrogen) atoms. The summed E-state index contributed by atoms with van der Waals surface area (Å²) >= 11 is 0. The van der Waals surface area contributed by atoms with Crippen LogP contribution in [0.25, 0.3) is 0 Å². The van der Waals surface area contributed by atoms with Crippen LogP contribution in [0.3, 0.4) is 0 Å². The number of methoxy groups -OCH3 is 2. The van der Waals surface area contributed by atoms with E-state index in [0.29, 0.717) is 11.5 Å². The largest absolute Gasteiger partial charge is 0.497 e. The average Bonchev–Trinajstić information content (AvgIpc) is 2.73. The number of hydrogen-bond acceptors (Lipinski definition) is 6. The van der Waals surface area contributed by atoms with Crippen molar-refractivity contribution in [3.63, 3.8) is 0 Å². The lowest BCUT2D eigenvalue weighted by Gasteiger charge is -2.34. The summed E-state index contributed by atoms with van der Waals surface area (Å²) in [6.45, 7) is 4.33. The number of carbonyl (C=O) groups is 1. The number of amides is 1. The molecule has 150 valence electrons. The lowest BCUT2D eigenvalue weighted by atomic mass is 10.2. The van der Waals surface area contributed by atoms with E-state index in [1.807, 2.05) is 24.3 Å². The van der Waals surface area contributed by atoms with Crippen LogP contribution in [0.1, 0.15) is 0 Å². The molecule has 0 aromatic heterocycles. The predicted octanol–water partition coefficient (Wildman–Crippen LogP) is 2.51. The Kier molecular flexibility index (Phi) is 6.60. The van der Waals surface area contributed by atoms with E-state index in [0.717, 1.165) is 37.6 Å². The van der Waals surface area contributed by atoms with Crippen LogP contribution in [0.2, 0.25) is 0 Å². The van der Waals surface area contributed by atoms with Crippen molar-refractivity contribution >= 4 is 23.0 Å². The molecule has 2 aromatic carbocycles. The minimum absolute atomic E-state index is 0.120. The van der Waals surface area contributed by atoms with E-state index in [1.165, 1.54) is 5.69 Å². The van der Waals surface area contributed by atoms with Crippen molar-refractivity contribution in [2.75, 3.05) is 69.5 Å². The molecule has 0 spiro atoms. The van der Waals surface area contributed by atoms with Crippen LogP contribution in [0.5, 0.6) is 11.5 Å². The molecule has 1 fully saturated rings. The van der Waals surface area contributed by atoms with Gasteiger partial charge >= 0.3 is 0 Å². The van der Waals surface area contributed by atoms with Crippen molar-refractivity contribution in [1.29, 1.82) is 0 Å². The van der Waals surface area contributed by atoms with E-state index in [4.69, 9.17) is 9.47 Å². The van der Waals surface area contributed by atoms with Gasteiger partial charge in [0.1, 0.15) is 11.5 Å². The van der Waals surface area contributed by atoms with Crippen LogP contribution in [-0.4, -0.2) is 64.8 Å². The molecule has 0 atom stereocenters. The van der Waals surface area contributed by atoms with E-state index >= 15 is 0 Å². The number of likely N-dealkylation sites (N-methyl/N-ethyl adjacent to an activating group) is 1. The highest BCUT2D eigenvalue weighted by Crippen LogP contribution is 2.28. The molecule has 1 heterocycles. The molecule has 0 radical (unpaired) electrons. The van der Waals surface area contributed by atoms with Crippen molar-refractivity contribution in [1.82, 2.24) is 4.90 Å². The quantitative estimate of drug-likeness (QED) is 0.765. The Bertz CT molecular complexity index is 787. The summed E-state index contributed by atoms with van der Waals surface area (Å²) in [7, 11) is 5.33. The van der Waals surface area contributed by atoms with Gasteiger partial charge in [0.2, 0.25) is 5.91 Å². The third-order valence-electron chi connectivity index (χ3n) is 4.87. The van der Waals surface area contributed by atoms with E-state index < -0.39 is 0 Å². The molecule has 0 bridgehead atoms. The zero-order valence-corrected chi connectivity index (χ0v) is 16.7. The van der Waals surface area contributed by atoms with E-state index in [1.54, 1.807) is 20.3 Å². The Morgan fingerprint density at radius 2 is 1.71 bits per heavy atom. The molecule has 3 rings (SSSR count). The summed E-state index contributed by atoms with van der Waals surface area (Å²) in [6, 6.07) is 13.4. The topological polar surface area (TPSA) is 66.1 Å². The van der Waals surface area contributed by atoms with Gasteiger partial charge in [0.15, 0.2) is 0 Å². The van der Waals surface area contributed by atoms with Crippen molar-refractivity contribution in [2.45, 2.75) is 0 Å². The molecule has 0 unspecified atom stereocenters. The fourth-order valence-corrected chi connectivity index (χ4v) is 3.15. The fourth-order valence-electron chi connectivity index (χ4n) is 3.15. The maximum Gasteiger partial charge on any atom is 0.243 e. The van der Waals surface area contributed by atoms with Crippen LogP contribution in [0.4, 0.5) is 17.1 Å². The van der Waals surface area contributed by atoms with Crippen molar-refractivity contribution in [2.24, 2.45) is 0 Å². The lowest BCUT2D eigenvalue weighted by molar-refractivity contribution is -0.114. The number of benzene rings is 2. The normalized spacial score (nSPS) is 14.5. The Balaban J connectivity index is 1.52. The minimum Gasteiger partial charge on any atom is -0.497 e. The molecule has 1 aliphatic heterocycles. The van der Waals surface area contributed by atoms with Gasteiger partial charge in [-0.25, -0.2) is 0 Å². The molecule has 0 saturated carbocycles. The second-order valence-corrected chi connectivity index (χ2v) is 6.81. The van der Waals surface area contributed by atoms with Crippen LogP contribution in [0, 0.1) is 0 Å². The molecule has 7 heteroatoms. The molecule has 1 amide bonds. The molecule has 2 aromatic rings. The highest BCUT2D eigenvalue weighted by molar-refractivity contribution is 5.94. The molecule has 0 aliphatic carbocycles. The van der Waals surface area contributed by atoms with Gasteiger partial charge in [-0.05, 0) is 43.4 Å². The number of nitrogens with one attached hydrogen (secondary N) is 2. The van der Waals surface area contributed by atoms with Gasteiger partial charge in [-0.15, -0.1) is 0 Å². The van der Waals surface area contributed by atoms with Gasteiger partial charge in [0, 0.05) is 43.6 Å². The number of ether oxygens (including phenoxy) is 2. The third-order valence-corrected chi connectivity index (χ3v) is 4.87. The average molecular weight is 384 g/mol. The number of anilines is 3. The second-order valence-electron chi connectivity index (χ2n) is 6.81. The summed E-state index contributed by atoms with van der Waals surface area (Å²) in [5.41, 5.74) is 2.71. The Morgan fingerprint density at radius 3 is 2.36 bits per heavy atom. The summed E-state index contributed by atoms with van der Waals surface area (Å²) in [6.07, 6.45) is 0. The number of hydrogen-bond donors (Lipinski definition) is 2. The molecule has 1 aliphatic rings. The second kappa shape index (κ2) is 9.32. The van der Waals surface area contributed by atoms with Gasteiger partial charge in [0.25, 0.3) is 0 Å². The number of carbonyl (C=O) groups excluding carboxylic acids is 1. The molecular weight excluding hydrogens is 356 g/mol. The minimum atomic E-state index is -0.120. The van der Waals surface area contributed by atoms with Gasteiger partial charge in [0.05, 0.1) is 26.5 Å². The highest BCUT2D eigenvalue weighted by atomic mass is 16.5. The predicted molar refractivity (Wildman–Crippen MR) is 113 cm³/mol.